The van der Waals surface area contributed by atoms with Gasteiger partial charge in [-0.25, -0.2) is 4.98 Å². The van der Waals surface area contributed by atoms with E-state index in [4.69, 9.17) is 4.74 Å². The van der Waals surface area contributed by atoms with Crippen molar-refractivity contribution in [3.8, 4) is 11.4 Å². The Morgan fingerprint density at radius 1 is 1.42 bits per heavy atom. The molecule has 1 amide bonds. The molecule has 24 heavy (non-hydrogen) atoms. The molecule has 0 aliphatic heterocycles. The standard InChI is InChI=1S/C18H25N3O2S/c1-5-7-13(2)20-17(22)14(3)24-18-19-10-11-21(18)15-8-6-9-16(12-15)23-4/h6,8-14H,5,7H2,1-4H3,(H,20,22). The number of benzene rings is 1. The Labute approximate surface area is 147 Å². The van der Waals surface area contributed by atoms with E-state index >= 15 is 0 Å². The largest absolute Gasteiger partial charge is 0.497 e. The Hall–Kier alpha value is -1.95. The average molecular weight is 347 g/mol. The first kappa shape index (κ1) is 18.4. The lowest BCUT2D eigenvalue weighted by molar-refractivity contribution is -0.120. The Kier molecular flexibility index (Phi) is 6.73. The highest BCUT2D eigenvalue weighted by Crippen LogP contribution is 2.26. The summed E-state index contributed by atoms with van der Waals surface area (Å²) in [6.07, 6.45) is 5.68. The van der Waals surface area contributed by atoms with Crippen LogP contribution in [0.4, 0.5) is 0 Å². The monoisotopic (exact) mass is 347 g/mol. The molecular weight excluding hydrogens is 322 g/mol. The molecule has 0 aliphatic carbocycles. The summed E-state index contributed by atoms with van der Waals surface area (Å²) in [5.41, 5.74) is 0.960. The summed E-state index contributed by atoms with van der Waals surface area (Å²) in [6, 6.07) is 7.97. The SMILES string of the molecule is CCCC(C)NC(=O)C(C)Sc1nccn1-c1cccc(OC)c1. The Morgan fingerprint density at radius 2 is 2.21 bits per heavy atom. The zero-order valence-corrected chi connectivity index (χ0v) is 15.5. The molecule has 1 aromatic carbocycles. The predicted octanol–water partition coefficient (Wildman–Crippen LogP) is 3.67. The first-order valence-corrected chi connectivity index (χ1v) is 9.08. The van der Waals surface area contributed by atoms with Crippen LogP contribution >= 0.6 is 11.8 Å². The second-order valence-corrected chi connectivity index (χ2v) is 7.05. The van der Waals surface area contributed by atoms with Crippen LogP contribution < -0.4 is 10.1 Å². The van der Waals surface area contributed by atoms with Gasteiger partial charge in [0.25, 0.3) is 0 Å². The number of ether oxygens (including phenoxy) is 1. The zero-order valence-electron chi connectivity index (χ0n) is 14.7. The number of hydrogen-bond acceptors (Lipinski definition) is 4. The molecule has 1 N–H and O–H groups in total. The van der Waals surface area contributed by atoms with Crippen molar-refractivity contribution in [1.29, 1.82) is 0 Å². The van der Waals surface area contributed by atoms with E-state index in [9.17, 15) is 4.79 Å². The molecule has 2 unspecified atom stereocenters. The van der Waals surface area contributed by atoms with E-state index in [1.807, 2.05) is 48.9 Å². The van der Waals surface area contributed by atoms with Gasteiger partial charge in [0.1, 0.15) is 5.75 Å². The van der Waals surface area contributed by atoms with E-state index < -0.39 is 0 Å². The summed E-state index contributed by atoms with van der Waals surface area (Å²) in [4.78, 5) is 16.7. The van der Waals surface area contributed by atoms with Crippen LogP contribution in [-0.4, -0.2) is 33.9 Å². The molecule has 2 rings (SSSR count). The third-order valence-corrected chi connectivity index (χ3v) is 4.78. The predicted molar refractivity (Wildman–Crippen MR) is 97.9 cm³/mol. The van der Waals surface area contributed by atoms with E-state index in [2.05, 4.69) is 17.2 Å². The number of nitrogens with one attached hydrogen (secondary N) is 1. The Bertz CT molecular complexity index is 672. The van der Waals surface area contributed by atoms with Crippen molar-refractivity contribution in [1.82, 2.24) is 14.9 Å². The minimum atomic E-state index is -0.212. The topological polar surface area (TPSA) is 56.2 Å². The van der Waals surface area contributed by atoms with Crippen LogP contribution in [0.3, 0.4) is 0 Å². The van der Waals surface area contributed by atoms with Crippen molar-refractivity contribution in [3.63, 3.8) is 0 Å². The number of carbonyl (C=O) groups excluding carboxylic acids is 1. The number of rotatable bonds is 8. The smallest absolute Gasteiger partial charge is 0.233 e. The van der Waals surface area contributed by atoms with Crippen molar-refractivity contribution >= 4 is 17.7 Å². The van der Waals surface area contributed by atoms with Crippen molar-refractivity contribution in [2.75, 3.05) is 7.11 Å². The molecule has 1 heterocycles. The molecule has 0 radical (unpaired) electrons. The van der Waals surface area contributed by atoms with Gasteiger partial charge in [0.15, 0.2) is 5.16 Å². The second kappa shape index (κ2) is 8.78. The molecule has 2 atom stereocenters. The number of hydrogen-bond donors (Lipinski definition) is 1. The Balaban J connectivity index is 2.08. The summed E-state index contributed by atoms with van der Waals surface area (Å²) < 4.78 is 7.24. The maximum Gasteiger partial charge on any atom is 0.233 e. The van der Waals surface area contributed by atoms with Gasteiger partial charge in [-0.3, -0.25) is 9.36 Å². The number of aromatic nitrogens is 2. The van der Waals surface area contributed by atoms with Crippen LogP contribution in [0.2, 0.25) is 0 Å². The normalized spacial score (nSPS) is 13.3. The van der Waals surface area contributed by atoms with Crippen LogP contribution in [-0.2, 0) is 4.79 Å². The van der Waals surface area contributed by atoms with Crippen LogP contribution in [0, 0.1) is 0 Å². The summed E-state index contributed by atoms with van der Waals surface area (Å²) in [6.45, 7) is 6.06. The minimum absolute atomic E-state index is 0.0427. The quantitative estimate of drug-likeness (QED) is 0.740. The molecule has 0 bridgehead atoms. The van der Waals surface area contributed by atoms with E-state index in [0.29, 0.717) is 0 Å². The highest BCUT2D eigenvalue weighted by atomic mass is 32.2. The van der Waals surface area contributed by atoms with Gasteiger partial charge in [-0.2, -0.15) is 0 Å². The van der Waals surface area contributed by atoms with Crippen LogP contribution in [0.25, 0.3) is 5.69 Å². The molecule has 0 aliphatic rings. The lowest BCUT2D eigenvalue weighted by atomic mass is 10.2. The highest BCUT2D eigenvalue weighted by Gasteiger charge is 2.19. The maximum absolute atomic E-state index is 12.3. The summed E-state index contributed by atoms with van der Waals surface area (Å²) in [5, 5.41) is 3.63. The zero-order chi connectivity index (χ0) is 17.5. The third kappa shape index (κ3) is 4.77. The number of thioether (sulfide) groups is 1. The fraction of sp³-hybridized carbons (Fsp3) is 0.444. The van der Waals surface area contributed by atoms with Crippen molar-refractivity contribution in [3.05, 3.63) is 36.7 Å². The van der Waals surface area contributed by atoms with Gasteiger partial charge in [0, 0.05) is 24.5 Å². The van der Waals surface area contributed by atoms with Gasteiger partial charge >= 0.3 is 0 Å². The number of nitrogens with zero attached hydrogens (tertiary/aromatic N) is 2. The molecule has 0 spiro atoms. The molecule has 1 aromatic heterocycles. The molecular formula is C18H25N3O2S. The lowest BCUT2D eigenvalue weighted by Crippen LogP contribution is -2.37. The summed E-state index contributed by atoms with van der Waals surface area (Å²) in [5.74, 6) is 0.831. The van der Waals surface area contributed by atoms with Gasteiger partial charge in [-0.15, -0.1) is 0 Å². The van der Waals surface area contributed by atoms with Gasteiger partial charge < -0.3 is 10.1 Å². The van der Waals surface area contributed by atoms with Gasteiger partial charge in [0.2, 0.25) is 5.91 Å². The molecule has 0 fully saturated rings. The highest BCUT2D eigenvalue weighted by molar-refractivity contribution is 8.00. The molecule has 6 heteroatoms. The molecule has 130 valence electrons. The van der Waals surface area contributed by atoms with E-state index in [1.165, 1.54) is 11.8 Å². The first-order chi connectivity index (χ1) is 11.5. The molecule has 0 saturated carbocycles. The van der Waals surface area contributed by atoms with Crippen LogP contribution in [0.1, 0.15) is 33.6 Å². The molecule has 5 nitrogen and oxygen atoms in total. The van der Waals surface area contributed by atoms with Crippen molar-refractivity contribution in [2.45, 2.75) is 50.1 Å². The van der Waals surface area contributed by atoms with Crippen LogP contribution in [0.5, 0.6) is 5.75 Å². The fourth-order valence-corrected chi connectivity index (χ4v) is 3.30. The second-order valence-electron chi connectivity index (χ2n) is 5.74. The molecule has 0 saturated heterocycles. The number of carbonyl (C=O) groups is 1. The van der Waals surface area contributed by atoms with Crippen LogP contribution in [0.15, 0.2) is 41.8 Å². The van der Waals surface area contributed by atoms with E-state index in [-0.39, 0.29) is 17.2 Å². The van der Waals surface area contributed by atoms with E-state index in [1.54, 1.807) is 13.3 Å². The number of methoxy groups -OCH3 is 1. The Morgan fingerprint density at radius 3 is 2.92 bits per heavy atom. The van der Waals surface area contributed by atoms with Crippen molar-refractivity contribution < 1.29 is 9.53 Å². The minimum Gasteiger partial charge on any atom is -0.497 e. The van der Waals surface area contributed by atoms with Crippen molar-refractivity contribution in [2.24, 2.45) is 0 Å². The first-order valence-electron chi connectivity index (χ1n) is 8.20. The molecule has 2 aromatic rings. The van der Waals surface area contributed by atoms with Gasteiger partial charge in [0.05, 0.1) is 18.0 Å². The summed E-state index contributed by atoms with van der Waals surface area (Å²) in [7, 11) is 1.65. The van der Waals surface area contributed by atoms with Gasteiger partial charge in [-0.05, 0) is 32.4 Å². The third-order valence-electron chi connectivity index (χ3n) is 3.70. The summed E-state index contributed by atoms with van der Waals surface area (Å²) >= 11 is 1.45. The van der Waals surface area contributed by atoms with Gasteiger partial charge in [-0.1, -0.05) is 31.2 Å². The number of amides is 1. The fourth-order valence-electron chi connectivity index (χ4n) is 2.41. The average Bonchev–Trinajstić information content (AvgIpc) is 3.03. The number of imidazole rings is 1. The maximum atomic E-state index is 12.3. The lowest BCUT2D eigenvalue weighted by Gasteiger charge is -2.17. The van der Waals surface area contributed by atoms with E-state index in [0.717, 1.165) is 29.4 Å².